The van der Waals surface area contributed by atoms with Gasteiger partial charge in [-0.3, -0.25) is 9.59 Å². The fraction of sp³-hybridized carbons (Fsp3) is 0.429. The van der Waals surface area contributed by atoms with Crippen molar-refractivity contribution in [1.29, 1.82) is 0 Å². The molecule has 4 nitrogen and oxygen atoms in total. The summed E-state index contributed by atoms with van der Waals surface area (Å²) in [5.74, 6) is -2.21. The average molecular weight is 346 g/mol. The summed E-state index contributed by atoms with van der Waals surface area (Å²) in [6.45, 7) is 3.48. The quantitative estimate of drug-likeness (QED) is 0.831. The minimum atomic E-state index is -1.02. The van der Waals surface area contributed by atoms with Crippen LogP contribution < -0.4 is 5.32 Å². The summed E-state index contributed by atoms with van der Waals surface area (Å²) in [5, 5.41) is 11.8. The molecule has 0 spiro atoms. The second-order valence-corrected chi connectivity index (χ2v) is 5.52. The molecular formula is C14H17BrFNO3. The monoisotopic (exact) mass is 345 g/mol. The molecule has 1 rings (SSSR count). The number of carboxylic acid groups (broad SMARTS) is 1. The van der Waals surface area contributed by atoms with Crippen LogP contribution in [0.2, 0.25) is 0 Å². The fourth-order valence-electron chi connectivity index (χ4n) is 1.89. The molecule has 0 aliphatic rings. The Bertz CT molecular complexity index is 515. The van der Waals surface area contributed by atoms with Crippen molar-refractivity contribution >= 4 is 27.8 Å². The van der Waals surface area contributed by atoms with E-state index in [0.29, 0.717) is 17.3 Å². The lowest BCUT2D eigenvalue weighted by molar-refractivity contribution is -0.149. The zero-order valence-electron chi connectivity index (χ0n) is 11.4. The molecule has 20 heavy (non-hydrogen) atoms. The van der Waals surface area contributed by atoms with Gasteiger partial charge in [-0.1, -0.05) is 29.8 Å². The normalized spacial score (nSPS) is 11.2. The Hall–Kier alpha value is -1.43. The van der Waals surface area contributed by atoms with Crippen molar-refractivity contribution in [2.45, 2.75) is 26.7 Å². The molecule has 1 amide bonds. The van der Waals surface area contributed by atoms with Gasteiger partial charge in [0.1, 0.15) is 5.82 Å². The summed E-state index contributed by atoms with van der Waals surface area (Å²) in [6, 6.07) is 4.04. The molecular weight excluding hydrogens is 329 g/mol. The van der Waals surface area contributed by atoms with E-state index in [-0.39, 0.29) is 12.1 Å². The van der Waals surface area contributed by atoms with Gasteiger partial charge in [-0.2, -0.15) is 0 Å². The highest BCUT2D eigenvalue weighted by atomic mass is 79.9. The minimum absolute atomic E-state index is 0.0277. The van der Waals surface area contributed by atoms with Crippen molar-refractivity contribution < 1.29 is 19.1 Å². The highest BCUT2D eigenvalue weighted by Crippen LogP contribution is 2.26. The van der Waals surface area contributed by atoms with Crippen LogP contribution >= 0.6 is 15.9 Å². The zero-order valence-corrected chi connectivity index (χ0v) is 13.0. The van der Waals surface area contributed by atoms with Crippen LogP contribution in [-0.4, -0.2) is 23.5 Å². The number of carboxylic acids is 1. The van der Waals surface area contributed by atoms with E-state index < -0.39 is 23.1 Å². The number of carbonyl (C=O) groups is 2. The van der Waals surface area contributed by atoms with Crippen molar-refractivity contribution in [1.82, 2.24) is 5.32 Å². The molecule has 0 radical (unpaired) electrons. The second-order valence-electron chi connectivity index (χ2n) is 4.60. The third-order valence-electron chi connectivity index (χ3n) is 3.57. The average Bonchev–Trinajstić information content (AvgIpc) is 2.42. The first-order valence-corrected chi connectivity index (χ1v) is 7.12. The molecule has 1 aromatic carbocycles. The van der Waals surface area contributed by atoms with E-state index in [4.69, 9.17) is 0 Å². The Kier molecular flexibility index (Phi) is 5.68. The number of rotatable bonds is 6. The summed E-state index contributed by atoms with van der Waals surface area (Å²) in [7, 11) is 0. The van der Waals surface area contributed by atoms with Gasteiger partial charge in [0.15, 0.2) is 0 Å². The Labute approximate surface area is 125 Å². The molecule has 1 aromatic rings. The van der Waals surface area contributed by atoms with E-state index in [1.54, 1.807) is 13.8 Å². The Morgan fingerprint density at radius 3 is 2.45 bits per heavy atom. The number of carbonyl (C=O) groups excluding carboxylic acids is 1. The van der Waals surface area contributed by atoms with Crippen LogP contribution in [0.5, 0.6) is 0 Å². The standard InChI is InChI=1S/C14H17BrFNO3/c1-3-14(4-2,13(19)20)8-17-12(18)10-7-9(15)5-6-11(10)16/h5-7H,3-4,8H2,1-2H3,(H,17,18)(H,19,20). The molecule has 0 aliphatic heterocycles. The van der Waals surface area contributed by atoms with E-state index in [9.17, 15) is 19.1 Å². The maximum atomic E-state index is 13.6. The van der Waals surface area contributed by atoms with E-state index in [0.717, 1.165) is 0 Å². The molecule has 0 fully saturated rings. The predicted octanol–water partition coefficient (Wildman–Crippen LogP) is 3.21. The molecule has 0 saturated carbocycles. The summed E-state index contributed by atoms with van der Waals surface area (Å²) < 4.78 is 14.1. The summed E-state index contributed by atoms with van der Waals surface area (Å²) >= 11 is 3.16. The number of hydrogen-bond donors (Lipinski definition) is 2. The zero-order chi connectivity index (χ0) is 15.3. The van der Waals surface area contributed by atoms with Crippen molar-refractivity contribution in [3.8, 4) is 0 Å². The van der Waals surface area contributed by atoms with E-state index in [1.807, 2.05) is 0 Å². The van der Waals surface area contributed by atoms with Crippen LogP contribution in [0.25, 0.3) is 0 Å². The first kappa shape index (κ1) is 16.6. The number of aliphatic carboxylic acids is 1. The topological polar surface area (TPSA) is 66.4 Å². The highest BCUT2D eigenvalue weighted by molar-refractivity contribution is 9.10. The van der Waals surface area contributed by atoms with Gasteiger partial charge >= 0.3 is 5.97 Å². The highest BCUT2D eigenvalue weighted by Gasteiger charge is 2.35. The molecule has 6 heteroatoms. The Morgan fingerprint density at radius 2 is 1.95 bits per heavy atom. The van der Waals surface area contributed by atoms with E-state index >= 15 is 0 Å². The maximum absolute atomic E-state index is 13.6. The van der Waals surface area contributed by atoms with Crippen molar-refractivity contribution in [2.75, 3.05) is 6.54 Å². The smallest absolute Gasteiger partial charge is 0.311 e. The fourth-order valence-corrected chi connectivity index (χ4v) is 2.26. The van der Waals surface area contributed by atoms with Gasteiger partial charge in [0.25, 0.3) is 5.91 Å². The lowest BCUT2D eigenvalue weighted by Crippen LogP contribution is -2.42. The molecule has 2 N–H and O–H groups in total. The lowest BCUT2D eigenvalue weighted by atomic mass is 9.82. The van der Waals surface area contributed by atoms with Gasteiger partial charge in [0.2, 0.25) is 0 Å². The number of benzene rings is 1. The van der Waals surface area contributed by atoms with Gasteiger partial charge in [-0.15, -0.1) is 0 Å². The third-order valence-corrected chi connectivity index (χ3v) is 4.06. The first-order chi connectivity index (χ1) is 9.36. The van der Waals surface area contributed by atoms with Crippen molar-refractivity contribution in [3.05, 3.63) is 34.1 Å². The predicted molar refractivity (Wildman–Crippen MR) is 77.1 cm³/mol. The van der Waals surface area contributed by atoms with Crippen LogP contribution in [0, 0.1) is 11.2 Å². The number of amides is 1. The largest absolute Gasteiger partial charge is 0.481 e. The third kappa shape index (κ3) is 3.56. The summed E-state index contributed by atoms with van der Waals surface area (Å²) in [5.41, 5.74) is -1.12. The SMILES string of the molecule is CCC(CC)(CNC(=O)c1cc(Br)ccc1F)C(=O)O. The molecule has 0 saturated heterocycles. The molecule has 0 unspecified atom stereocenters. The van der Waals surface area contributed by atoms with Crippen molar-refractivity contribution in [3.63, 3.8) is 0 Å². The lowest BCUT2D eigenvalue weighted by Gasteiger charge is -2.26. The molecule has 0 atom stereocenters. The van der Waals surface area contributed by atoms with E-state index in [2.05, 4.69) is 21.2 Å². The maximum Gasteiger partial charge on any atom is 0.311 e. The minimum Gasteiger partial charge on any atom is -0.481 e. The van der Waals surface area contributed by atoms with Crippen LogP contribution in [0.3, 0.4) is 0 Å². The molecule has 0 aromatic heterocycles. The van der Waals surface area contributed by atoms with Gasteiger partial charge < -0.3 is 10.4 Å². The molecule has 0 aliphatic carbocycles. The van der Waals surface area contributed by atoms with Crippen LogP contribution in [0.1, 0.15) is 37.0 Å². The number of nitrogens with one attached hydrogen (secondary N) is 1. The van der Waals surface area contributed by atoms with Gasteiger partial charge in [0, 0.05) is 11.0 Å². The molecule has 110 valence electrons. The summed E-state index contributed by atoms with van der Waals surface area (Å²) in [6.07, 6.45) is 0.778. The van der Waals surface area contributed by atoms with Crippen LogP contribution in [0.15, 0.2) is 22.7 Å². The van der Waals surface area contributed by atoms with Crippen LogP contribution in [0.4, 0.5) is 4.39 Å². The first-order valence-electron chi connectivity index (χ1n) is 6.33. The molecule has 0 heterocycles. The van der Waals surface area contributed by atoms with Crippen LogP contribution in [-0.2, 0) is 4.79 Å². The van der Waals surface area contributed by atoms with Gasteiger partial charge in [-0.25, -0.2) is 4.39 Å². The van der Waals surface area contributed by atoms with E-state index in [1.165, 1.54) is 18.2 Å². The Morgan fingerprint density at radius 1 is 1.35 bits per heavy atom. The molecule has 0 bridgehead atoms. The number of halogens is 2. The second kappa shape index (κ2) is 6.83. The summed E-state index contributed by atoms with van der Waals surface area (Å²) in [4.78, 5) is 23.3. The van der Waals surface area contributed by atoms with Gasteiger partial charge in [0.05, 0.1) is 11.0 Å². The van der Waals surface area contributed by atoms with Gasteiger partial charge in [-0.05, 0) is 31.0 Å². The number of hydrogen-bond acceptors (Lipinski definition) is 2. The Balaban J connectivity index is 2.86. The van der Waals surface area contributed by atoms with Crippen molar-refractivity contribution in [2.24, 2.45) is 5.41 Å².